The highest BCUT2D eigenvalue weighted by molar-refractivity contribution is 7.80. The molecule has 0 amide bonds. The number of benzene rings is 1. The Morgan fingerprint density at radius 1 is 1.22 bits per heavy atom. The van der Waals surface area contributed by atoms with Crippen LogP contribution < -0.4 is 5.32 Å². The van der Waals surface area contributed by atoms with E-state index in [1.807, 2.05) is 0 Å². The molecule has 3 atom stereocenters. The van der Waals surface area contributed by atoms with Crippen LogP contribution in [0.25, 0.3) is 0 Å². The lowest BCUT2D eigenvalue weighted by Crippen LogP contribution is -2.26. The molecule has 3 nitrogen and oxygen atoms in total. The van der Waals surface area contributed by atoms with Crippen LogP contribution in [-0.2, 0) is 0 Å². The molecule has 1 aliphatic carbocycles. The Labute approximate surface area is 143 Å². The normalized spacial score (nSPS) is 31.1. The number of likely N-dealkylation sites (tertiary alicyclic amines) is 1. The van der Waals surface area contributed by atoms with Crippen molar-refractivity contribution >= 4 is 22.9 Å². The first-order valence-electron chi connectivity index (χ1n) is 8.75. The summed E-state index contributed by atoms with van der Waals surface area (Å²) in [5.41, 5.74) is 3.94. The summed E-state index contributed by atoms with van der Waals surface area (Å²) in [6.07, 6.45) is 7.32. The van der Waals surface area contributed by atoms with Gasteiger partial charge in [0.05, 0.1) is 17.1 Å². The molecular weight excluding hydrogens is 302 g/mol. The summed E-state index contributed by atoms with van der Waals surface area (Å²) in [6.45, 7) is 0. The molecule has 0 spiro atoms. The van der Waals surface area contributed by atoms with Crippen LogP contribution in [0.15, 0.2) is 18.2 Å². The van der Waals surface area contributed by atoms with Gasteiger partial charge in [-0.3, -0.25) is 4.90 Å². The van der Waals surface area contributed by atoms with Crippen molar-refractivity contribution in [2.45, 2.75) is 56.5 Å². The number of thiocarbonyl (C=S) groups is 1. The Morgan fingerprint density at radius 3 is 2.70 bits per heavy atom. The van der Waals surface area contributed by atoms with Crippen molar-refractivity contribution in [3.8, 4) is 6.07 Å². The second-order valence-electron chi connectivity index (χ2n) is 7.26. The molecule has 1 aromatic rings. The van der Waals surface area contributed by atoms with Crippen LogP contribution in [0.4, 0.5) is 5.69 Å². The third kappa shape index (κ3) is 2.47. The Kier molecular flexibility index (Phi) is 3.87. The molecule has 0 bridgehead atoms. The van der Waals surface area contributed by atoms with Crippen LogP contribution in [0.2, 0.25) is 0 Å². The lowest BCUT2D eigenvalue weighted by Gasteiger charge is -2.24. The standard InChI is InChI=1S/C19H23N3S/c1-22-14(11-20)7-9-17(22)13-6-8-16-15(10-13)18(19(23)21-16)12-4-2-3-5-12/h6,8,10,12,14,17-18H,2-5,7,9H2,1H3,(H,21,23)/t14?,17?,18-/m0/s1. The number of rotatable bonds is 2. The van der Waals surface area contributed by atoms with Crippen molar-refractivity contribution in [2.24, 2.45) is 5.92 Å². The molecule has 3 aliphatic rings. The Hall–Kier alpha value is -1.44. The fourth-order valence-corrected chi connectivity index (χ4v) is 5.20. The maximum absolute atomic E-state index is 9.26. The number of nitrogens with one attached hydrogen (secondary N) is 1. The van der Waals surface area contributed by atoms with E-state index in [2.05, 4.69) is 41.5 Å². The molecule has 1 saturated heterocycles. The van der Waals surface area contributed by atoms with Crippen LogP contribution in [0, 0.1) is 17.2 Å². The molecule has 1 N–H and O–H groups in total. The number of hydrogen-bond donors (Lipinski definition) is 1. The maximum Gasteiger partial charge on any atom is 0.0981 e. The van der Waals surface area contributed by atoms with Gasteiger partial charge in [0.1, 0.15) is 0 Å². The lowest BCUT2D eigenvalue weighted by molar-refractivity contribution is 0.279. The minimum Gasteiger partial charge on any atom is -0.349 e. The molecule has 0 radical (unpaired) electrons. The fraction of sp³-hybridized carbons (Fsp3) is 0.579. The maximum atomic E-state index is 9.26. The zero-order valence-corrected chi connectivity index (χ0v) is 14.4. The van der Waals surface area contributed by atoms with Gasteiger partial charge in [-0.2, -0.15) is 5.26 Å². The van der Waals surface area contributed by atoms with E-state index in [9.17, 15) is 5.26 Å². The summed E-state index contributed by atoms with van der Waals surface area (Å²) in [6, 6.07) is 9.61. The molecule has 0 aromatic heterocycles. The third-order valence-electron chi connectivity index (χ3n) is 6.05. The molecule has 4 rings (SSSR count). The van der Waals surface area contributed by atoms with E-state index < -0.39 is 0 Å². The van der Waals surface area contributed by atoms with E-state index in [4.69, 9.17) is 12.2 Å². The smallest absolute Gasteiger partial charge is 0.0981 e. The SMILES string of the molecule is CN1C(C#N)CCC1c1ccc2c(c1)[C@H](C1CCCC1)C(=S)N2. The average molecular weight is 325 g/mol. The fourth-order valence-electron chi connectivity index (χ4n) is 4.77. The van der Waals surface area contributed by atoms with Crippen molar-refractivity contribution in [1.82, 2.24) is 4.90 Å². The molecule has 120 valence electrons. The first kappa shape index (κ1) is 15.1. The molecule has 2 heterocycles. The number of nitriles is 1. The second kappa shape index (κ2) is 5.89. The van der Waals surface area contributed by atoms with Crippen LogP contribution in [0.1, 0.15) is 61.6 Å². The molecule has 23 heavy (non-hydrogen) atoms. The lowest BCUT2D eigenvalue weighted by atomic mass is 9.85. The zero-order chi connectivity index (χ0) is 16.0. The van der Waals surface area contributed by atoms with Crippen molar-refractivity contribution in [1.29, 1.82) is 5.26 Å². The monoisotopic (exact) mass is 325 g/mol. The van der Waals surface area contributed by atoms with Gasteiger partial charge in [0.25, 0.3) is 0 Å². The van der Waals surface area contributed by atoms with Gasteiger partial charge in [0, 0.05) is 17.6 Å². The second-order valence-corrected chi connectivity index (χ2v) is 7.70. The minimum atomic E-state index is 0.0538. The van der Waals surface area contributed by atoms with Gasteiger partial charge in [-0.05, 0) is 55.8 Å². The molecule has 1 saturated carbocycles. The summed E-state index contributed by atoms with van der Waals surface area (Å²) in [7, 11) is 2.08. The predicted molar refractivity (Wildman–Crippen MR) is 96.5 cm³/mol. The highest BCUT2D eigenvalue weighted by Gasteiger charge is 2.37. The summed E-state index contributed by atoms with van der Waals surface area (Å²) in [5, 5.41) is 12.7. The third-order valence-corrected chi connectivity index (χ3v) is 6.41. The van der Waals surface area contributed by atoms with E-state index in [1.54, 1.807) is 0 Å². The van der Waals surface area contributed by atoms with Gasteiger partial charge in [-0.15, -0.1) is 0 Å². The highest BCUT2D eigenvalue weighted by atomic mass is 32.1. The van der Waals surface area contributed by atoms with Gasteiger partial charge in [-0.1, -0.05) is 37.2 Å². The minimum absolute atomic E-state index is 0.0538. The highest BCUT2D eigenvalue weighted by Crippen LogP contribution is 2.46. The van der Waals surface area contributed by atoms with E-state index in [0.717, 1.165) is 17.8 Å². The van der Waals surface area contributed by atoms with Crippen molar-refractivity contribution < 1.29 is 0 Å². The van der Waals surface area contributed by atoms with Crippen molar-refractivity contribution in [3.63, 3.8) is 0 Å². The topological polar surface area (TPSA) is 39.1 Å². The van der Waals surface area contributed by atoms with Crippen LogP contribution >= 0.6 is 12.2 Å². The zero-order valence-electron chi connectivity index (χ0n) is 13.6. The summed E-state index contributed by atoms with van der Waals surface area (Å²) in [4.78, 5) is 3.24. The van der Waals surface area contributed by atoms with Crippen molar-refractivity contribution in [2.75, 3.05) is 12.4 Å². The molecule has 2 unspecified atom stereocenters. The largest absolute Gasteiger partial charge is 0.349 e. The van der Waals surface area contributed by atoms with E-state index in [0.29, 0.717) is 17.9 Å². The summed E-state index contributed by atoms with van der Waals surface area (Å²) >= 11 is 5.66. The van der Waals surface area contributed by atoms with Crippen LogP contribution in [0.3, 0.4) is 0 Å². The molecule has 1 aromatic carbocycles. The number of hydrogen-bond acceptors (Lipinski definition) is 3. The average Bonchev–Trinajstić information content (AvgIpc) is 3.24. The molecule has 4 heteroatoms. The van der Waals surface area contributed by atoms with Crippen LogP contribution in [0.5, 0.6) is 0 Å². The number of anilines is 1. The molecule has 2 fully saturated rings. The van der Waals surface area contributed by atoms with Crippen molar-refractivity contribution in [3.05, 3.63) is 29.3 Å². The Morgan fingerprint density at radius 2 is 2.00 bits per heavy atom. The molecular formula is C19H23N3S. The van der Waals surface area contributed by atoms with Gasteiger partial charge >= 0.3 is 0 Å². The number of nitrogens with zero attached hydrogens (tertiary/aromatic N) is 2. The number of fused-ring (bicyclic) bond motifs is 1. The van der Waals surface area contributed by atoms with Crippen LogP contribution in [-0.4, -0.2) is 23.0 Å². The molecule has 2 aliphatic heterocycles. The summed E-state index contributed by atoms with van der Waals surface area (Å²) in [5.74, 6) is 1.11. The Balaban J connectivity index is 1.66. The first-order valence-corrected chi connectivity index (χ1v) is 9.16. The Bertz CT molecular complexity index is 672. The van der Waals surface area contributed by atoms with Gasteiger partial charge in [-0.25, -0.2) is 0 Å². The van der Waals surface area contributed by atoms with E-state index in [1.165, 1.54) is 42.5 Å². The predicted octanol–water partition coefficient (Wildman–Crippen LogP) is 4.37. The van der Waals surface area contributed by atoms with Gasteiger partial charge < -0.3 is 5.32 Å². The van der Waals surface area contributed by atoms with Gasteiger partial charge in [0.2, 0.25) is 0 Å². The van der Waals surface area contributed by atoms with Gasteiger partial charge in [0.15, 0.2) is 0 Å². The quantitative estimate of drug-likeness (QED) is 0.820. The summed E-state index contributed by atoms with van der Waals surface area (Å²) < 4.78 is 0. The van der Waals surface area contributed by atoms with E-state index >= 15 is 0 Å². The first-order chi connectivity index (χ1) is 11.2. The van der Waals surface area contributed by atoms with E-state index in [-0.39, 0.29) is 6.04 Å².